The lowest BCUT2D eigenvalue weighted by Gasteiger charge is -2.21. The standard InChI is InChI=1S/C15H19N3O3S/c19-15-14-10-18(22(20,21)13-3-4-13)9-12(14)8-17(15)7-11-2-1-5-16-6-11/h1-2,5-6,12-14H,3-4,7-10H2/t12-,14+/m1/s1. The van der Waals surface area contributed by atoms with Gasteiger partial charge in [0.15, 0.2) is 0 Å². The topological polar surface area (TPSA) is 70.6 Å². The van der Waals surface area contributed by atoms with Gasteiger partial charge in [0.05, 0.1) is 11.2 Å². The van der Waals surface area contributed by atoms with Crippen molar-refractivity contribution in [2.45, 2.75) is 24.6 Å². The summed E-state index contributed by atoms with van der Waals surface area (Å²) in [5, 5.41) is -0.187. The minimum absolute atomic E-state index is 0.0855. The van der Waals surface area contributed by atoms with E-state index in [9.17, 15) is 13.2 Å². The zero-order valence-electron chi connectivity index (χ0n) is 12.3. The molecule has 0 aromatic carbocycles. The zero-order valence-corrected chi connectivity index (χ0v) is 13.1. The number of aromatic nitrogens is 1. The van der Waals surface area contributed by atoms with Crippen molar-refractivity contribution >= 4 is 15.9 Å². The summed E-state index contributed by atoms with van der Waals surface area (Å²) < 4.78 is 26.2. The molecule has 2 aliphatic heterocycles. The smallest absolute Gasteiger partial charge is 0.227 e. The molecule has 118 valence electrons. The molecule has 3 fully saturated rings. The van der Waals surface area contributed by atoms with Gasteiger partial charge in [-0.3, -0.25) is 9.78 Å². The molecule has 3 aliphatic rings. The van der Waals surface area contributed by atoms with Crippen LogP contribution in [0.15, 0.2) is 24.5 Å². The molecule has 1 amide bonds. The quantitative estimate of drug-likeness (QED) is 0.808. The third-order valence-corrected chi connectivity index (χ3v) is 7.22. The zero-order chi connectivity index (χ0) is 15.3. The van der Waals surface area contributed by atoms with Gasteiger partial charge in [0.1, 0.15) is 0 Å². The number of hydrogen-bond donors (Lipinski definition) is 0. The van der Waals surface area contributed by atoms with Crippen molar-refractivity contribution in [1.82, 2.24) is 14.2 Å². The number of carbonyl (C=O) groups excluding carboxylic acids is 1. The molecule has 3 heterocycles. The van der Waals surface area contributed by atoms with Crippen LogP contribution in [0.2, 0.25) is 0 Å². The molecule has 2 atom stereocenters. The molecule has 0 bridgehead atoms. The molecule has 4 rings (SSSR count). The van der Waals surface area contributed by atoms with Crippen molar-refractivity contribution in [3.05, 3.63) is 30.1 Å². The average Bonchev–Trinajstić information content (AvgIpc) is 3.22. The predicted octanol–water partition coefficient (Wildman–Crippen LogP) is 0.464. The first kappa shape index (κ1) is 14.1. The highest BCUT2D eigenvalue weighted by Gasteiger charge is 2.51. The first-order valence-corrected chi connectivity index (χ1v) is 9.22. The van der Waals surface area contributed by atoms with E-state index in [4.69, 9.17) is 0 Å². The Morgan fingerprint density at radius 3 is 2.68 bits per heavy atom. The third-order valence-electron chi connectivity index (χ3n) is 4.89. The van der Waals surface area contributed by atoms with Crippen molar-refractivity contribution in [2.75, 3.05) is 19.6 Å². The molecule has 2 saturated heterocycles. The van der Waals surface area contributed by atoms with E-state index in [0.29, 0.717) is 26.2 Å². The number of rotatable bonds is 4. The van der Waals surface area contributed by atoms with Crippen LogP contribution in [0.5, 0.6) is 0 Å². The SMILES string of the molecule is O=C1[C@H]2CN(S(=O)(=O)C3CC3)C[C@H]2CN1Cc1cccnc1. The number of sulfonamides is 1. The van der Waals surface area contributed by atoms with Crippen molar-refractivity contribution < 1.29 is 13.2 Å². The summed E-state index contributed by atoms with van der Waals surface area (Å²) in [6.07, 6.45) is 5.03. The van der Waals surface area contributed by atoms with Gasteiger partial charge >= 0.3 is 0 Å². The monoisotopic (exact) mass is 321 g/mol. The lowest BCUT2D eigenvalue weighted by molar-refractivity contribution is -0.131. The maximum atomic E-state index is 12.5. The van der Waals surface area contributed by atoms with Crippen molar-refractivity contribution in [2.24, 2.45) is 11.8 Å². The summed E-state index contributed by atoms with van der Waals surface area (Å²) in [5.41, 5.74) is 1.01. The Balaban J connectivity index is 1.44. The van der Waals surface area contributed by atoms with Crippen LogP contribution in [-0.2, 0) is 21.4 Å². The van der Waals surface area contributed by atoms with Crippen LogP contribution >= 0.6 is 0 Å². The Bertz CT molecular complexity index is 687. The van der Waals surface area contributed by atoms with E-state index in [1.54, 1.807) is 16.7 Å². The molecule has 1 aromatic rings. The molecule has 1 aliphatic carbocycles. The van der Waals surface area contributed by atoms with Gasteiger partial charge in [0.2, 0.25) is 15.9 Å². The van der Waals surface area contributed by atoms with E-state index in [1.807, 2.05) is 17.0 Å². The first-order chi connectivity index (χ1) is 10.6. The second-order valence-electron chi connectivity index (χ2n) is 6.51. The molecule has 1 aromatic heterocycles. The van der Waals surface area contributed by atoms with Gasteiger partial charge in [-0.2, -0.15) is 0 Å². The largest absolute Gasteiger partial charge is 0.338 e. The van der Waals surface area contributed by atoms with E-state index < -0.39 is 10.0 Å². The predicted molar refractivity (Wildman–Crippen MR) is 80.1 cm³/mol. The molecule has 0 radical (unpaired) electrons. The number of amides is 1. The Morgan fingerprint density at radius 2 is 2.05 bits per heavy atom. The second kappa shape index (κ2) is 5.03. The van der Waals surface area contributed by atoms with E-state index >= 15 is 0 Å². The number of hydrogen-bond acceptors (Lipinski definition) is 4. The highest BCUT2D eigenvalue weighted by Crippen LogP contribution is 2.38. The number of pyridine rings is 1. The maximum absolute atomic E-state index is 12.5. The fourth-order valence-corrected chi connectivity index (χ4v) is 5.46. The van der Waals surface area contributed by atoms with Crippen LogP contribution in [0.1, 0.15) is 18.4 Å². The molecule has 0 spiro atoms. The van der Waals surface area contributed by atoms with Crippen LogP contribution in [0.25, 0.3) is 0 Å². The van der Waals surface area contributed by atoms with Crippen molar-refractivity contribution in [3.8, 4) is 0 Å². The Kier molecular flexibility index (Phi) is 3.23. The minimum Gasteiger partial charge on any atom is -0.338 e. The molecule has 22 heavy (non-hydrogen) atoms. The molecule has 0 unspecified atom stereocenters. The van der Waals surface area contributed by atoms with Gasteiger partial charge in [-0.25, -0.2) is 12.7 Å². The van der Waals surface area contributed by atoms with Gasteiger partial charge in [0, 0.05) is 44.5 Å². The summed E-state index contributed by atoms with van der Waals surface area (Å²) >= 11 is 0. The first-order valence-electron chi connectivity index (χ1n) is 7.72. The second-order valence-corrected chi connectivity index (χ2v) is 8.72. The van der Waals surface area contributed by atoms with Crippen molar-refractivity contribution in [3.63, 3.8) is 0 Å². The Labute approximate surface area is 130 Å². The number of fused-ring (bicyclic) bond motifs is 1. The Hall–Kier alpha value is -1.47. The van der Waals surface area contributed by atoms with E-state index in [2.05, 4.69) is 4.98 Å². The molecule has 1 saturated carbocycles. The van der Waals surface area contributed by atoms with Gasteiger partial charge in [-0.1, -0.05) is 6.07 Å². The minimum atomic E-state index is -3.15. The molecule has 7 heteroatoms. The van der Waals surface area contributed by atoms with E-state index in [1.165, 1.54) is 0 Å². The van der Waals surface area contributed by atoms with Gasteiger partial charge < -0.3 is 4.90 Å². The number of likely N-dealkylation sites (tertiary alicyclic amines) is 1. The normalized spacial score (nSPS) is 29.1. The number of nitrogens with zero attached hydrogens (tertiary/aromatic N) is 3. The van der Waals surface area contributed by atoms with Crippen LogP contribution in [0.4, 0.5) is 0 Å². The van der Waals surface area contributed by atoms with Crippen LogP contribution < -0.4 is 0 Å². The van der Waals surface area contributed by atoms with Crippen molar-refractivity contribution in [1.29, 1.82) is 0 Å². The maximum Gasteiger partial charge on any atom is 0.227 e. The summed E-state index contributed by atoms with van der Waals surface area (Å²) in [5.74, 6) is 0.0604. The molecular formula is C15H19N3O3S. The fourth-order valence-electron chi connectivity index (χ4n) is 3.54. The lowest BCUT2D eigenvalue weighted by atomic mass is 10.0. The lowest BCUT2D eigenvalue weighted by Crippen LogP contribution is -2.36. The van der Waals surface area contributed by atoms with Crippen LogP contribution in [0, 0.1) is 11.8 Å². The highest BCUT2D eigenvalue weighted by atomic mass is 32.2. The molecule has 6 nitrogen and oxygen atoms in total. The van der Waals surface area contributed by atoms with Gasteiger partial charge in [-0.05, 0) is 24.5 Å². The fraction of sp³-hybridized carbons (Fsp3) is 0.600. The third kappa shape index (κ3) is 2.32. The highest BCUT2D eigenvalue weighted by molar-refractivity contribution is 7.90. The molecule has 0 N–H and O–H groups in total. The summed E-state index contributed by atoms with van der Waals surface area (Å²) in [6, 6.07) is 3.82. The van der Waals surface area contributed by atoms with Gasteiger partial charge in [-0.15, -0.1) is 0 Å². The summed E-state index contributed by atoms with van der Waals surface area (Å²) in [7, 11) is -3.15. The van der Waals surface area contributed by atoms with Crippen LogP contribution in [-0.4, -0.2) is 53.4 Å². The summed E-state index contributed by atoms with van der Waals surface area (Å²) in [6.45, 7) is 2.08. The van der Waals surface area contributed by atoms with E-state index in [0.717, 1.165) is 18.4 Å². The van der Waals surface area contributed by atoms with Crippen LogP contribution in [0.3, 0.4) is 0 Å². The Morgan fingerprint density at radius 1 is 1.23 bits per heavy atom. The van der Waals surface area contributed by atoms with Gasteiger partial charge in [0.25, 0.3) is 0 Å². The number of carbonyl (C=O) groups is 1. The average molecular weight is 321 g/mol. The molecular weight excluding hydrogens is 302 g/mol. The summed E-state index contributed by atoms with van der Waals surface area (Å²) in [4.78, 5) is 18.4. The van der Waals surface area contributed by atoms with E-state index in [-0.39, 0.29) is 23.0 Å².